The molecular formula is C16H21NO2. The van der Waals surface area contributed by atoms with Gasteiger partial charge in [0.05, 0.1) is 5.60 Å². The second-order valence-corrected chi connectivity index (χ2v) is 5.25. The summed E-state index contributed by atoms with van der Waals surface area (Å²) >= 11 is 0. The standard InChI is InChI=1S/C16H21NO2/c18-15(10-9-14-7-3-1-4-8-14)17-13-16(19)11-5-2-6-12-16/h1,3-4,7-10,19H,2,5-6,11-13H2,(H,17,18). The molecule has 0 aromatic heterocycles. The lowest BCUT2D eigenvalue weighted by molar-refractivity contribution is -0.118. The topological polar surface area (TPSA) is 49.3 Å². The minimum atomic E-state index is -0.700. The van der Waals surface area contributed by atoms with Crippen molar-refractivity contribution in [1.82, 2.24) is 5.32 Å². The van der Waals surface area contributed by atoms with Gasteiger partial charge in [-0.3, -0.25) is 4.79 Å². The summed E-state index contributed by atoms with van der Waals surface area (Å²) in [5, 5.41) is 13.1. The van der Waals surface area contributed by atoms with Crippen molar-refractivity contribution in [2.75, 3.05) is 6.54 Å². The van der Waals surface area contributed by atoms with Gasteiger partial charge in [-0.1, -0.05) is 49.6 Å². The highest BCUT2D eigenvalue weighted by Crippen LogP contribution is 2.27. The highest BCUT2D eigenvalue weighted by Gasteiger charge is 2.29. The van der Waals surface area contributed by atoms with E-state index in [4.69, 9.17) is 0 Å². The number of amides is 1. The zero-order valence-corrected chi connectivity index (χ0v) is 11.1. The number of nitrogens with one attached hydrogen (secondary N) is 1. The van der Waals surface area contributed by atoms with Crippen LogP contribution in [0.2, 0.25) is 0 Å². The zero-order chi connectivity index (χ0) is 13.6. The molecule has 0 atom stereocenters. The first-order valence-corrected chi connectivity index (χ1v) is 6.91. The molecule has 2 N–H and O–H groups in total. The van der Waals surface area contributed by atoms with Crippen molar-refractivity contribution < 1.29 is 9.90 Å². The largest absolute Gasteiger partial charge is 0.388 e. The number of benzene rings is 1. The van der Waals surface area contributed by atoms with Crippen LogP contribution < -0.4 is 5.32 Å². The normalized spacial score (nSPS) is 18.4. The molecule has 2 rings (SSSR count). The van der Waals surface area contributed by atoms with Crippen molar-refractivity contribution in [2.45, 2.75) is 37.7 Å². The van der Waals surface area contributed by atoms with Gasteiger partial charge in [-0.25, -0.2) is 0 Å². The number of rotatable bonds is 4. The molecule has 1 amide bonds. The summed E-state index contributed by atoms with van der Waals surface area (Å²) in [6.07, 6.45) is 8.15. The van der Waals surface area contributed by atoms with Crippen LogP contribution in [0.4, 0.5) is 0 Å². The Morgan fingerprint density at radius 1 is 1.21 bits per heavy atom. The monoisotopic (exact) mass is 259 g/mol. The first kappa shape index (κ1) is 13.8. The van der Waals surface area contributed by atoms with Crippen LogP contribution >= 0.6 is 0 Å². The summed E-state index contributed by atoms with van der Waals surface area (Å²) in [5.74, 6) is -0.150. The van der Waals surface area contributed by atoms with Crippen LogP contribution in [0, 0.1) is 0 Å². The van der Waals surface area contributed by atoms with E-state index in [0.29, 0.717) is 6.54 Å². The third-order valence-corrected chi connectivity index (χ3v) is 3.60. The summed E-state index contributed by atoms with van der Waals surface area (Å²) in [5.41, 5.74) is 0.295. The number of aliphatic hydroxyl groups is 1. The lowest BCUT2D eigenvalue weighted by Crippen LogP contribution is -2.43. The van der Waals surface area contributed by atoms with Gasteiger partial charge in [-0.05, 0) is 24.5 Å². The molecule has 0 heterocycles. The Morgan fingerprint density at radius 2 is 1.89 bits per heavy atom. The van der Waals surface area contributed by atoms with E-state index in [2.05, 4.69) is 5.32 Å². The van der Waals surface area contributed by atoms with Crippen LogP contribution in [0.5, 0.6) is 0 Å². The molecule has 1 aromatic carbocycles. The quantitative estimate of drug-likeness (QED) is 0.816. The SMILES string of the molecule is O=C(C=Cc1ccccc1)NCC1(O)CCCCC1. The third kappa shape index (κ3) is 4.52. The number of carbonyl (C=O) groups excluding carboxylic acids is 1. The Bertz CT molecular complexity index is 433. The Kier molecular flexibility index (Phi) is 4.74. The van der Waals surface area contributed by atoms with E-state index in [1.165, 1.54) is 12.5 Å². The van der Waals surface area contributed by atoms with Crippen LogP contribution in [0.15, 0.2) is 36.4 Å². The maximum absolute atomic E-state index is 11.7. The molecule has 1 fully saturated rings. The Hall–Kier alpha value is -1.61. The number of hydrogen-bond donors (Lipinski definition) is 2. The van der Waals surface area contributed by atoms with Gasteiger partial charge in [0.1, 0.15) is 0 Å². The molecule has 1 aliphatic rings. The molecule has 0 radical (unpaired) electrons. The lowest BCUT2D eigenvalue weighted by atomic mass is 9.85. The second kappa shape index (κ2) is 6.53. The minimum Gasteiger partial charge on any atom is -0.388 e. The molecule has 0 aliphatic heterocycles. The van der Waals surface area contributed by atoms with Crippen molar-refractivity contribution in [3.05, 3.63) is 42.0 Å². The average Bonchev–Trinajstić information content (AvgIpc) is 2.45. The van der Waals surface area contributed by atoms with Gasteiger partial charge in [0, 0.05) is 12.6 Å². The smallest absolute Gasteiger partial charge is 0.244 e. The fourth-order valence-electron chi connectivity index (χ4n) is 2.43. The Labute approximate surface area is 114 Å². The molecule has 0 saturated heterocycles. The molecule has 0 spiro atoms. The fraction of sp³-hybridized carbons (Fsp3) is 0.438. The summed E-state index contributed by atoms with van der Waals surface area (Å²) in [7, 11) is 0. The summed E-state index contributed by atoms with van der Waals surface area (Å²) in [6, 6.07) is 9.69. The molecule has 0 bridgehead atoms. The van der Waals surface area contributed by atoms with Gasteiger partial charge in [-0.15, -0.1) is 0 Å². The van der Waals surface area contributed by atoms with Crippen molar-refractivity contribution in [3.8, 4) is 0 Å². The molecule has 102 valence electrons. The maximum atomic E-state index is 11.7. The molecule has 0 unspecified atom stereocenters. The molecule has 1 aromatic rings. The summed E-state index contributed by atoms with van der Waals surface area (Å²) in [4.78, 5) is 11.7. The lowest BCUT2D eigenvalue weighted by Gasteiger charge is -2.31. The molecule has 3 heteroatoms. The van der Waals surface area contributed by atoms with Crippen molar-refractivity contribution in [2.24, 2.45) is 0 Å². The average molecular weight is 259 g/mol. The van der Waals surface area contributed by atoms with Gasteiger partial charge < -0.3 is 10.4 Å². The molecule has 19 heavy (non-hydrogen) atoms. The molecule has 3 nitrogen and oxygen atoms in total. The number of hydrogen-bond acceptors (Lipinski definition) is 2. The van der Waals surface area contributed by atoms with Crippen molar-refractivity contribution >= 4 is 12.0 Å². The summed E-state index contributed by atoms with van der Waals surface area (Å²) in [6.45, 7) is 0.352. The third-order valence-electron chi connectivity index (χ3n) is 3.60. The van der Waals surface area contributed by atoms with Gasteiger partial charge >= 0.3 is 0 Å². The van der Waals surface area contributed by atoms with Crippen LogP contribution in [0.25, 0.3) is 6.08 Å². The van der Waals surface area contributed by atoms with Gasteiger partial charge in [-0.2, -0.15) is 0 Å². The first-order valence-electron chi connectivity index (χ1n) is 6.91. The van der Waals surface area contributed by atoms with Crippen molar-refractivity contribution in [1.29, 1.82) is 0 Å². The van der Waals surface area contributed by atoms with E-state index in [0.717, 1.165) is 31.2 Å². The molecular weight excluding hydrogens is 238 g/mol. The van der Waals surface area contributed by atoms with E-state index in [1.54, 1.807) is 6.08 Å². The van der Waals surface area contributed by atoms with Gasteiger partial charge in [0.15, 0.2) is 0 Å². The van der Waals surface area contributed by atoms with E-state index in [-0.39, 0.29) is 5.91 Å². The maximum Gasteiger partial charge on any atom is 0.244 e. The molecule has 1 saturated carbocycles. The van der Waals surface area contributed by atoms with Gasteiger partial charge in [0.2, 0.25) is 5.91 Å². The molecule has 1 aliphatic carbocycles. The van der Waals surface area contributed by atoms with E-state index >= 15 is 0 Å². The van der Waals surface area contributed by atoms with Crippen LogP contribution in [-0.2, 0) is 4.79 Å². The van der Waals surface area contributed by atoms with E-state index < -0.39 is 5.60 Å². The summed E-state index contributed by atoms with van der Waals surface area (Å²) < 4.78 is 0. The highest BCUT2D eigenvalue weighted by atomic mass is 16.3. The van der Waals surface area contributed by atoms with E-state index in [1.807, 2.05) is 30.3 Å². The Morgan fingerprint density at radius 3 is 2.58 bits per heavy atom. The fourth-order valence-corrected chi connectivity index (χ4v) is 2.43. The second-order valence-electron chi connectivity index (χ2n) is 5.25. The van der Waals surface area contributed by atoms with Crippen molar-refractivity contribution in [3.63, 3.8) is 0 Å². The van der Waals surface area contributed by atoms with E-state index in [9.17, 15) is 9.90 Å². The Balaban J connectivity index is 1.80. The highest BCUT2D eigenvalue weighted by molar-refractivity contribution is 5.91. The first-order chi connectivity index (χ1) is 9.18. The predicted octanol–water partition coefficient (Wildman–Crippen LogP) is 2.51. The zero-order valence-electron chi connectivity index (χ0n) is 11.1. The van der Waals surface area contributed by atoms with Crippen LogP contribution in [0.1, 0.15) is 37.7 Å². The van der Waals surface area contributed by atoms with Crippen LogP contribution in [0.3, 0.4) is 0 Å². The van der Waals surface area contributed by atoms with Crippen LogP contribution in [-0.4, -0.2) is 23.2 Å². The number of carbonyl (C=O) groups is 1. The minimum absolute atomic E-state index is 0.150. The van der Waals surface area contributed by atoms with Gasteiger partial charge in [0.25, 0.3) is 0 Å². The predicted molar refractivity (Wildman–Crippen MR) is 76.5 cm³/mol.